The molecule has 96 valence electrons. The summed E-state index contributed by atoms with van der Waals surface area (Å²) in [6.45, 7) is 0.454. The predicted octanol–water partition coefficient (Wildman–Crippen LogP) is -0.149. The average Bonchev–Trinajstić information content (AvgIpc) is 2.61. The van der Waals surface area contributed by atoms with Crippen LogP contribution in [0.4, 0.5) is 8.78 Å². The van der Waals surface area contributed by atoms with Crippen LogP contribution in [0.1, 0.15) is 12.8 Å². The minimum atomic E-state index is -3.61. The van der Waals surface area contributed by atoms with Crippen molar-refractivity contribution < 1.29 is 17.2 Å². The molecule has 8 heteroatoms. The van der Waals surface area contributed by atoms with Crippen molar-refractivity contribution in [2.24, 2.45) is 5.73 Å². The van der Waals surface area contributed by atoms with Crippen LogP contribution in [0.3, 0.4) is 0 Å². The zero-order chi connectivity index (χ0) is 12.3. The number of alkyl halides is 2. The number of halogens is 2. The van der Waals surface area contributed by atoms with Gasteiger partial charge in [-0.15, -0.1) is 0 Å². The lowest BCUT2D eigenvalue weighted by Gasteiger charge is -2.23. The summed E-state index contributed by atoms with van der Waals surface area (Å²) < 4.78 is 49.8. The molecule has 0 radical (unpaired) electrons. The van der Waals surface area contributed by atoms with Crippen LogP contribution >= 0.6 is 0 Å². The zero-order valence-electron chi connectivity index (χ0n) is 9.14. The van der Waals surface area contributed by atoms with Crippen molar-refractivity contribution in [1.82, 2.24) is 8.61 Å². The van der Waals surface area contributed by atoms with Crippen LogP contribution in [0.5, 0.6) is 0 Å². The van der Waals surface area contributed by atoms with Gasteiger partial charge in [-0.2, -0.15) is 17.0 Å². The quantitative estimate of drug-likeness (QED) is 0.745. The standard InChI is InChI=1S/C8H17F2N3O2S/c1-12(4-3-8(9)10)16(14,15)13-5-2-7(11)6-13/h7-8H,2-6,11H2,1H3. The van der Waals surface area contributed by atoms with Crippen molar-refractivity contribution in [3.05, 3.63) is 0 Å². The summed E-state index contributed by atoms with van der Waals surface area (Å²) >= 11 is 0. The van der Waals surface area contributed by atoms with E-state index in [2.05, 4.69) is 0 Å². The maximum atomic E-state index is 12.0. The van der Waals surface area contributed by atoms with E-state index in [0.29, 0.717) is 13.0 Å². The molecule has 1 aliphatic rings. The number of nitrogens with zero attached hydrogens (tertiary/aromatic N) is 2. The van der Waals surface area contributed by atoms with Gasteiger partial charge in [0.25, 0.3) is 10.2 Å². The van der Waals surface area contributed by atoms with E-state index >= 15 is 0 Å². The molecule has 0 aliphatic carbocycles. The predicted molar refractivity (Wildman–Crippen MR) is 56.3 cm³/mol. The van der Waals surface area contributed by atoms with Gasteiger partial charge < -0.3 is 5.73 Å². The van der Waals surface area contributed by atoms with Crippen LogP contribution in [0.2, 0.25) is 0 Å². The van der Waals surface area contributed by atoms with Gasteiger partial charge in [0.2, 0.25) is 6.43 Å². The first kappa shape index (κ1) is 13.8. The normalized spacial score (nSPS) is 23.5. The van der Waals surface area contributed by atoms with Crippen molar-refractivity contribution in [1.29, 1.82) is 0 Å². The second kappa shape index (κ2) is 5.35. The summed E-state index contributed by atoms with van der Waals surface area (Å²) in [7, 11) is -2.31. The smallest absolute Gasteiger partial charge is 0.281 e. The lowest BCUT2D eigenvalue weighted by Crippen LogP contribution is -2.42. The molecule has 16 heavy (non-hydrogen) atoms. The average molecular weight is 257 g/mol. The Morgan fingerprint density at radius 1 is 1.56 bits per heavy atom. The maximum absolute atomic E-state index is 12.0. The fourth-order valence-electron chi connectivity index (χ4n) is 1.56. The molecule has 0 amide bonds. The Labute approximate surface area is 94.4 Å². The highest BCUT2D eigenvalue weighted by Crippen LogP contribution is 2.15. The van der Waals surface area contributed by atoms with Crippen molar-refractivity contribution >= 4 is 10.2 Å². The topological polar surface area (TPSA) is 66.6 Å². The van der Waals surface area contributed by atoms with Crippen molar-refractivity contribution in [2.75, 3.05) is 26.7 Å². The van der Waals surface area contributed by atoms with E-state index in [4.69, 9.17) is 5.73 Å². The number of rotatable bonds is 5. The molecule has 2 N–H and O–H groups in total. The molecule has 0 saturated carbocycles. The van der Waals surface area contributed by atoms with Gasteiger partial charge in [0, 0.05) is 39.1 Å². The third-order valence-electron chi connectivity index (χ3n) is 2.57. The van der Waals surface area contributed by atoms with Crippen LogP contribution in [0, 0.1) is 0 Å². The number of hydrogen-bond donors (Lipinski definition) is 1. The van der Waals surface area contributed by atoms with Crippen molar-refractivity contribution in [3.8, 4) is 0 Å². The molecule has 1 unspecified atom stereocenters. The second-order valence-corrected chi connectivity index (χ2v) is 5.95. The highest BCUT2D eigenvalue weighted by Gasteiger charge is 2.32. The first-order valence-electron chi connectivity index (χ1n) is 5.09. The van der Waals surface area contributed by atoms with Crippen molar-refractivity contribution in [2.45, 2.75) is 25.3 Å². The minimum absolute atomic E-state index is 0.154. The van der Waals surface area contributed by atoms with Gasteiger partial charge in [-0.3, -0.25) is 0 Å². The maximum Gasteiger partial charge on any atom is 0.281 e. The van der Waals surface area contributed by atoms with E-state index in [0.717, 1.165) is 4.31 Å². The molecule has 1 saturated heterocycles. The van der Waals surface area contributed by atoms with Crippen LogP contribution in [-0.2, 0) is 10.2 Å². The molecule has 5 nitrogen and oxygen atoms in total. The van der Waals surface area contributed by atoms with E-state index in [9.17, 15) is 17.2 Å². The highest BCUT2D eigenvalue weighted by molar-refractivity contribution is 7.86. The van der Waals surface area contributed by atoms with Crippen molar-refractivity contribution in [3.63, 3.8) is 0 Å². The summed E-state index contributed by atoms with van der Waals surface area (Å²) in [4.78, 5) is 0. The van der Waals surface area contributed by atoms with E-state index in [1.54, 1.807) is 0 Å². The number of hydrogen-bond acceptors (Lipinski definition) is 3. The van der Waals surface area contributed by atoms with Gasteiger partial charge in [0.1, 0.15) is 0 Å². The zero-order valence-corrected chi connectivity index (χ0v) is 9.96. The third-order valence-corrected chi connectivity index (χ3v) is 4.52. The fraction of sp³-hybridized carbons (Fsp3) is 1.00. The first-order valence-corrected chi connectivity index (χ1v) is 6.49. The summed E-state index contributed by atoms with van der Waals surface area (Å²) in [5.41, 5.74) is 5.60. The summed E-state index contributed by atoms with van der Waals surface area (Å²) in [6, 6.07) is -0.154. The largest absolute Gasteiger partial charge is 0.326 e. The van der Waals surface area contributed by atoms with Gasteiger partial charge in [-0.25, -0.2) is 8.78 Å². The molecule has 0 aromatic rings. The van der Waals surface area contributed by atoms with Gasteiger partial charge in [0.05, 0.1) is 0 Å². The monoisotopic (exact) mass is 257 g/mol. The molecule has 1 rings (SSSR count). The Morgan fingerprint density at radius 3 is 2.62 bits per heavy atom. The Balaban J connectivity index is 2.56. The molecule has 0 aromatic heterocycles. The Bertz CT molecular complexity index is 323. The van der Waals surface area contributed by atoms with E-state index in [1.165, 1.54) is 11.4 Å². The van der Waals surface area contributed by atoms with E-state index < -0.39 is 23.1 Å². The minimum Gasteiger partial charge on any atom is -0.326 e. The lowest BCUT2D eigenvalue weighted by molar-refractivity contribution is 0.131. The molecule has 0 bridgehead atoms. The molecular weight excluding hydrogens is 240 g/mol. The van der Waals surface area contributed by atoms with Crippen LogP contribution in [0.15, 0.2) is 0 Å². The van der Waals surface area contributed by atoms with E-state index in [-0.39, 0.29) is 19.1 Å². The molecule has 1 fully saturated rings. The first-order chi connectivity index (χ1) is 7.34. The molecule has 0 spiro atoms. The molecule has 1 atom stereocenters. The highest BCUT2D eigenvalue weighted by atomic mass is 32.2. The van der Waals surface area contributed by atoms with Crippen LogP contribution in [0.25, 0.3) is 0 Å². The SMILES string of the molecule is CN(CCC(F)F)S(=O)(=O)N1CCC(N)C1. The Kier molecular flexibility index (Phi) is 4.60. The third kappa shape index (κ3) is 3.34. The van der Waals surface area contributed by atoms with Gasteiger partial charge >= 0.3 is 0 Å². The second-order valence-electron chi connectivity index (χ2n) is 3.92. The Morgan fingerprint density at radius 2 is 2.19 bits per heavy atom. The number of nitrogens with two attached hydrogens (primary N) is 1. The van der Waals surface area contributed by atoms with E-state index in [1.807, 2.05) is 0 Å². The lowest BCUT2D eigenvalue weighted by atomic mass is 10.3. The summed E-state index contributed by atoms with van der Waals surface area (Å²) in [5, 5.41) is 0. The van der Waals surface area contributed by atoms with Crippen LogP contribution < -0.4 is 5.73 Å². The Hall–Kier alpha value is -0.310. The van der Waals surface area contributed by atoms with Gasteiger partial charge in [-0.05, 0) is 6.42 Å². The summed E-state index contributed by atoms with van der Waals surface area (Å²) in [5.74, 6) is 0. The van der Waals surface area contributed by atoms with Crippen LogP contribution in [-0.4, -0.2) is 56.2 Å². The molecule has 1 aliphatic heterocycles. The molecule has 0 aromatic carbocycles. The summed E-state index contributed by atoms with van der Waals surface area (Å²) in [6.07, 6.45) is -2.32. The molecule has 1 heterocycles. The fourth-order valence-corrected chi connectivity index (χ4v) is 3.00. The molecular formula is C8H17F2N3O2S. The van der Waals surface area contributed by atoms with Gasteiger partial charge in [-0.1, -0.05) is 0 Å². The van der Waals surface area contributed by atoms with Gasteiger partial charge in [0.15, 0.2) is 0 Å².